The van der Waals surface area contributed by atoms with Gasteiger partial charge in [0.2, 0.25) is 5.91 Å². The maximum Gasteiger partial charge on any atom is 0.416 e. The number of para-hydroxylation sites is 1. The molecule has 1 N–H and O–H groups in total. The predicted octanol–water partition coefficient (Wildman–Crippen LogP) is 7.64. The van der Waals surface area contributed by atoms with Gasteiger partial charge in [-0.25, -0.2) is 0 Å². The van der Waals surface area contributed by atoms with Crippen molar-refractivity contribution in [2.45, 2.75) is 38.0 Å². The second-order valence-corrected chi connectivity index (χ2v) is 10.2. The summed E-state index contributed by atoms with van der Waals surface area (Å²) < 4.78 is 80.3. The van der Waals surface area contributed by atoms with E-state index in [0.717, 1.165) is 52.7 Å². The van der Waals surface area contributed by atoms with Gasteiger partial charge in [0.1, 0.15) is 0 Å². The van der Waals surface area contributed by atoms with Gasteiger partial charge < -0.3 is 14.8 Å². The second kappa shape index (κ2) is 11.1. The highest BCUT2D eigenvalue weighted by molar-refractivity contribution is 5.88. The van der Waals surface area contributed by atoms with Gasteiger partial charge in [-0.15, -0.1) is 0 Å². The van der Waals surface area contributed by atoms with Crippen molar-refractivity contribution >= 4 is 22.5 Å². The number of nitrogens with one attached hydrogen (secondary N) is 1. The van der Waals surface area contributed by atoms with Gasteiger partial charge >= 0.3 is 12.4 Å². The number of alkyl halides is 6. The third kappa shape index (κ3) is 6.06. The zero-order chi connectivity index (χ0) is 29.4. The molecule has 1 atom stereocenters. The van der Waals surface area contributed by atoms with E-state index in [-0.39, 0.29) is 25.4 Å². The molecule has 1 unspecified atom stereocenters. The van der Waals surface area contributed by atoms with Gasteiger partial charge in [0, 0.05) is 61.3 Å². The summed E-state index contributed by atoms with van der Waals surface area (Å²) in [7, 11) is 0. The zero-order valence-electron chi connectivity index (χ0n) is 22.3. The highest BCUT2D eigenvalue weighted by atomic mass is 19.4. The molecule has 2 heterocycles. The SMILES string of the molecule is CCc1cccc2c(C(CC(=O)N3CCN(c4cccc(C(F)(F)F)c4)CC3)c3cccc(C(F)(F)F)c3)c[nH]c12. The molecule has 1 aromatic heterocycles. The van der Waals surface area contributed by atoms with Gasteiger partial charge in [-0.3, -0.25) is 4.79 Å². The van der Waals surface area contributed by atoms with Crippen molar-refractivity contribution in [3.63, 3.8) is 0 Å². The maximum absolute atomic E-state index is 13.6. The Kier molecular flexibility index (Phi) is 7.76. The van der Waals surface area contributed by atoms with Crippen LogP contribution in [0.2, 0.25) is 0 Å². The minimum absolute atomic E-state index is 0.0474. The molecule has 10 heteroatoms. The van der Waals surface area contributed by atoms with Crippen molar-refractivity contribution in [1.82, 2.24) is 9.88 Å². The van der Waals surface area contributed by atoms with E-state index >= 15 is 0 Å². The number of carbonyl (C=O) groups excluding carboxylic acids is 1. The number of rotatable bonds is 6. The van der Waals surface area contributed by atoms with Crippen LogP contribution < -0.4 is 4.90 Å². The lowest BCUT2D eigenvalue weighted by atomic mass is 9.86. The molecule has 5 rings (SSSR count). The van der Waals surface area contributed by atoms with Crippen molar-refractivity contribution in [1.29, 1.82) is 0 Å². The van der Waals surface area contributed by atoms with Crippen LogP contribution in [0, 0.1) is 0 Å². The van der Waals surface area contributed by atoms with Gasteiger partial charge in [-0.2, -0.15) is 26.3 Å². The molecule has 41 heavy (non-hydrogen) atoms. The summed E-state index contributed by atoms with van der Waals surface area (Å²) in [6, 6.07) is 16.0. The molecule has 3 aromatic carbocycles. The topological polar surface area (TPSA) is 39.3 Å². The van der Waals surface area contributed by atoms with Gasteiger partial charge in [-0.05, 0) is 47.4 Å². The number of piperazine rings is 1. The van der Waals surface area contributed by atoms with Crippen LogP contribution in [0.15, 0.2) is 72.9 Å². The third-order valence-electron chi connectivity index (χ3n) is 7.76. The van der Waals surface area contributed by atoms with E-state index in [1.807, 2.05) is 25.1 Å². The number of H-pyrrole nitrogens is 1. The number of fused-ring (bicyclic) bond motifs is 1. The van der Waals surface area contributed by atoms with Crippen LogP contribution in [-0.4, -0.2) is 42.0 Å². The molecular formula is C31H29F6N3O. The molecule has 1 saturated heterocycles. The quantitative estimate of drug-likeness (QED) is 0.241. The van der Waals surface area contributed by atoms with Gasteiger partial charge in [0.05, 0.1) is 11.1 Å². The lowest BCUT2D eigenvalue weighted by molar-refractivity contribution is -0.138. The normalized spacial score (nSPS) is 15.4. The van der Waals surface area contributed by atoms with E-state index in [1.54, 1.807) is 28.1 Å². The van der Waals surface area contributed by atoms with Crippen LogP contribution in [0.25, 0.3) is 10.9 Å². The Balaban J connectivity index is 1.40. The van der Waals surface area contributed by atoms with Gasteiger partial charge in [0.25, 0.3) is 0 Å². The number of aromatic nitrogens is 1. The van der Waals surface area contributed by atoms with E-state index in [2.05, 4.69) is 4.98 Å². The number of nitrogens with zero attached hydrogens (tertiary/aromatic N) is 2. The van der Waals surface area contributed by atoms with E-state index in [1.165, 1.54) is 12.1 Å². The molecule has 0 spiro atoms. The van der Waals surface area contributed by atoms with E-state index in [9.17, 15) is 31.1 Å². The molecule has 1 aliphatic rings. The number of carbonyl (C=O) groups is 1. The number of halogens is 6. The Morgan fingerprint density at radius 1 is 0.854 bits per heavy atom. The highest BCUT2D eigenvalue weighted by Gasteiger charge is 2.33. The summed E-state index contributed by atoms with van der Waals surface area (Å²) in [6.45, 7) is 3.28. The van der Waals surface area contributed by atoms with Gasteiger partial charge in [0.15, 0.2) is 0 Å². The maximum atomic E-state index is 13.6. The smallest absolute Gasteiger partial charge is 0.368 e. The first-order chi connectivity index (χ1) is 19.5. The summed E-state index contributed by atoms with van der Waals surface area (Å²) in [5.74, 6) is -0.857. The van der Waals surface area contributed by atoms with Crippen LogP contribution in [0.4, 0.5) is 32.0 Å². The summed E-state index contributed by atoms with van der Waals surface area (Å²) in [5, 5.41) is 0.855. The van der Waals surface area contributed by atoms with Crippen molar-refractivity contribution in [2.24, 2.45) is 0 Å². The minimum Gasteiger partial charge on any atom is -0.368 e. The number of aryl methyl sites for hydroxylation is 1. The Morgan fingerprint density at radius 2 is 1.49 bits per heavy atom. The van der Waals surface area contributed by atoms with Crippen LogP contribution in [0.5, 0.6) is 0 Å². The van der Waals surface area contributed by atoms with Crippen LogP contribution in [0.3, 0.4) is 0 Å². The van der Waals surface area contributed by atoms with Crippen molar-refractivity contribution in [2.75, 3.05) is 31.1 Å². The highest BCUT2D eigenvalue weighted by Crippen LogP contribution is 2.38. The second-order valence-electron chi connectivity index (χ2n) is 10.2. The molecule has 0 aliphatic carbocycles. The Bertz CT molecular complexity index is 1530. The number of benzene rings is 3. The van der Waals surface area contributed by atoms with E-state index in [0.29, 0.717) is 24.3 Å². The lowest BCUT2D eigenvalue weighted by Gasteiger charge is -2.37. The van der Waals surface area contributed by atoms with Crippen LogP contribution in [-0.2, 0) is 23.6 Å². The summed E-state index contributed by atoms with van der Waals surface area (Å²) >= 11 is 0. The number of hydrogen-bond acceptors (Lipinski definition) is 2. The van der Waals surface area contributed by atoms with E-state index < -0.39 is 29.4 Å². The van der Waals surface area contributed by atoms with Crippen molar-refractivity contribution < 1.29 is 31.1 Å². The fourth-order valence-electron chi connectivity index (χ4n) is 5.56. The first-order valence-electron chi connectivity index (χ1n) is 13.4. The molecule has 1 fully saturated rings. The largest absolute Gasteiger partial charge is 0.416 e. The zero-order valence-corrected chi connectivity index (χ0v) is 22.3. The molecule has 4 nitrogen and oxygen atoms in total. The van der Waals surface area contributed by atoms with Crippen LogP contribution in [0.1, 0.15) is 47.1 Å². The Labute approximate surface area is 233 Å². The number of anilines is 1. The Hall–Kier alpha value is -3.95. The molecule has 0 bridgehead atoms. The fraction of sp³-hybridized carbons (Fsp3) is 0.323. The lowest BCUT2D eigenvalue weighted by Crippen LogP contribution is -2.49. The van der Waals surface area contributed by atoms with Crippen molar-refractivity contribution in [3.8, 4) is 0 Å². The molecular weight excluding hydrogens is 544 g/mol. The molecule has 0 radical (unpaired) electrons. The monoisotopic (exact) mass is 573 g/mol. The third-order valence-corrected chi connectivity index (χ3v) is 7.76. The van der Waals surface area contributed by atoms with Crippen LogP contribution >= 0.6 is 0 Å². The molecule has 216 valence electrons. The minimum atomic E-state index is -4.53. The number of aromatic amines is 1. The molecule has 0 saturated carbocycles. The number of amides is 1. The van der Waals surface area contributed by atoms with Gasteiger partial charge in [-0.1, -0.05) is 49.4 Å². The molecule has 1 amide bonds. The fourth-order valence-corrected chi connectivity index (χ4v) is 5.56. The van der Waals surface area contributed by atoms with Crippen molar-refractivity contribution in [3.05, 3.63) is 101 Å². The summed E-state index contributed by atoms with van der Waals surface area (Å²) in [6.07, 6.45) is -6.49. The average molecular weight is 574 g/mol. The molecule has 1 aliphatic heterocycles. The summed E-state index contributed by atoms with van der Waals surface area (Å²) in [4.78, 5) is 20.3. The molecule has 4 aromatic rings. The first-order valence-corrected chi connectivity index (χ1v) is 13.4. The standard InChI is InChI=1S/C31H29F6N3O/c1-2-20-6-4-11-25-27(19-38-29(20)25)26(21-7-3-8-22(16-21)30(32,33)34)18-28(41)40-14-12-39(13-15-40)24-10-5-9-23(17-24)31(35,36)37/h3-11,16-17,19,26,38H,2,12-15,18H2,1H3. The summed E-state index contributed by atoms with van der Waals surface area (Å²) in [5.41, 5.74) is 2.00. The average Bonchev–Trinajstić information content (AvgIpc) is 3.39. The Morgan fingerprint density at radius 3 is 2.15 bits per heavy atom. The van der Waals surface area contributed by atoms with E-state index in [4.69, 9.17) is 0 Å². The first kappa shape index (κ1) is 28.6. The number of hydrogen-bond donors (Lipinski definition) is 1. The predicted molar refractivity (Wildman–Crippen MR) is 146 cm³/mol.